The summed E-state index contributed by atoms with van der Waals surface area (Å²) in [6.45, 7) is 1.77. The number of halogens is 1. The van der Waals surface area contributed by atoms with Crippen molar-refractivity contribution in [3.05, 3.63) is 77.1 Å². The number of piperidine rings is 1. The smallest absolute Gasteiger partial charge is 0.222 e. The van der Waals surface area contributed by atoms with Crippen LogP contribution < -0.4 is 0 Å². The molecule has 5 heteroatoms. The van der Waals surface area contributed by atoms with Crippen molar-refractivity contribution in [2.75, 3.05) is 13.1 Å². The third-order valence-corrected chi connectivity index (χ3v) is 6.88. The molecule has 1 saturated heterocycles. The number of benzene rings is 2. The van der Waals surface area contributed by atoms with Gasteiger partial charge in [0.2, 0.25) is 5.91 Å². The highest BCUT2D eigenvalue weighted by Gasteiger charge is 2.44. The third kappa shape index (κ3) is 3.14. The second-order valence-electron chi connectivity index (χ2n) is 8.33. The number of rotatable bonds is 6. The van der Waals surface area contributed by atoms with Gasteiger partial charge in [-0.15, -0.1) is 0 Å². The van der Waals surface area contributed by atoms with Gasteiger partial charge in [-0.2, -0.15) is 0 Å². The Labute approximate surface area is 182 Å². The van der Waals surface area contributed by atoms with E-state index in [1.165, 1.54) is 16.7 Å². The van der Waals surface area contributed by atoms with Crippen LogP contribution in [0.1, 0.15) is 49.7 Å². The zero-order chi connectivity index (χ0) is 20.6. The molecule has 2 aliphatic rings. The first-order valence-electron chi connectivity index (χ1n) is 10.9. The van der Waals surface area contributed by atoms with Crippen LogP contribution in [0.3, 0.4) is 0 Å². The summed E-state index contributed by atoms with van der Waals surface area (Å²) in [5, 5.41) is 0.745. The van der Waals surface area contributed by atoms with E-state index < -0.39 is 0 Å². The lowest BCUT2D eigenvalue weighted by Gasteiger charge is -2.34. The largest absolute Gasteiger partial charge is 0.343 e. The number of aromatic nitrogens is 2. The fourth-order valence-electron chi connectivity index (χ4n) is 5.18. The molecule has 1 fully saturated rings. The minimum atomic E-state index is -0.293. The average molecular weight is 420 g/mol. The van der Waals surface area contributed by atoms with Crippen LogP contribution in [0.4, 0.5) is 0 Å². The van der Waals surface area contributed by atoms with E-state index in [0.29, 0.717) is 12.3 Å². The number of amides is 1. The molecule has 154 valence electrons. The number of carbonyl (C=O) groups excluding carboxylic acids is 1. The predicted molar refractivity (Wildman–Crippen MR) is 120 cm³/mol. The summed E-state index contributed by atoms with van der Waals surface area (Å²) < 4.78 is 2.33. The lowest BCUT2D eigenvalue weighted by atomic mass is 9.79. The van der Waals surface area contributed by atoms with Gasteiger partial charge in [-0.1, -0.05) is 48.0 Å². The standard InChI is InChI=1S/C25H26ClN3O/c26-20-12-10-19(11-13-20)25(14-4-6-17-28-16-5-3-9-23(28)30)22-8-2-1-7-21(22)24-27-15-18-29(24)25/h1-2,7-8,10-13,15,18H,3-6,9,14,16-17H2. The van der Waals surface area contributed by atoms with Crippen molar-refractivity contribution in [1.29, 1.82) is 0 Å². The number of fused-ring (bicyclic) bond motifs is 3. The van der Waals surface area contributed by atoms with Crippen LogP contribution in [0.25, 0.3) is 11.4 Å². The van der Waals surface area contributed by atoms with Crippen molar-refractivity contribution in [2.45, 2.75) is 44.1 Å². The van der Waals surface area contributed by atoms with E-state index in [9.17, 15) is 4.79 Å². The van der Waals surface area contributed by atoms with Gasteiger partial charge in [-0.05, 0) is 55.4 Å². The maximum Gasteiger partial charge on any atom is 0.222 e. The Balaban J connectivity index is 1.47. The molecule has 1 unspecified atom stereocenters. The first-order valence-corrected chi connectivity index (χ1v) is 11.3. The third-order valence-electron chi connectivity index (χ3n) is 6.63. The fourth-order valence-corrected chi connectivity index (χ4v) is 5.31. The Morgan fingerprint density at radius 2 is 1.87 bits per heavy atom. The molecule has 2 aliphatic heterocycles. The highest BCUT2D eigenvalue weighted by molar-refractivity contribution is 6.30. The van der Waals surface area contributed by atoms with E-state index in [4.69, 9.17) is 11.6 Å². The maximum absolute atomic E-state index is 12.2. The zero-order valence-corrected chi connectivity index (χ0v) is 17.8. The molecule has 3 heterocycles. The normalized spacial score (nSPS) is 20.3. The number of carbonyl (C=O) groups is 1. The minimum absolute atomic E-state index is 0.293. The summed E-state index contributed by atoms with van der Waals surface area (Å²) in [6.07, 6.45) is 9.85. The Kier molecular flexibility index (Phi) is 5.11. The summed E-state index contributed by atoms with van der Waals surface area (Å²) in [6, 6.07) is 16.8. The second-order valence-corrected chi connectivity index (χ2v) is 8.77. The topological polar surface area (TPSA) is 38.1 Å². The van der Waals surface area contributed by atoms with Crippen LogP contribution in [0.15, 0.2) is 60.9 Å². The van der Waals surface area contributed by atoms with Gasteiger partial charge >= 0.3 is 0 Å². The molecule has 0 N–H and O–H groups in total. The molecule has 0 saturated carbocycles. The number of nitrogens with zero attached hydrogens (tertiary/aromatic N) is 3. The molecular formula is C25H26ClN3O. The van der Waals surface area contributed by atoms with Crippen LogP contribution in [-0.2, 0) is 10.3 Å². The number of hydrogen-bond acceptors (Lipinski definition) is 2. The molecule has 30 heavy (non-hydrogen) atoms. The Hall–Kier alpha value is -2.59. The van der Waals surface area contributed by atoms with Gasteiger partial charge in [0.05, 0.1) is 5.54 Å². The van der Waals surface area contributed by atoms with E-state index in [2.05, 4.69) is 52.1 Å². The molecular weight excluding hydrogens is 394 g/mol. The van der Waals surface area contributed by atoms with Gasteiger partial charge in [0, 0.05) is 42.5 Å². The van der Waals surface area contributed by atoms with Crippen molar-refractivity contribution in [3.63, 3.8) is 0 Å². The van der Waals surface area contributed by atoms with Gasteiger partial charge in [-0.3, -0.25) is 4.79 Å². The molecule has 1 aromatic heterocycles. The Bertz CT molecular complexity index is 1060. The molecule has 0 radical (unpaired) electrons. The van der Waals surface area contributed by atoms with E-state index in [1.54, 1.807) is 0 Å². The second kappa shape index (κ2) is 7.92. The van der Waals surface area contributed by atoms with Crippen molar-refractivity contribution in [1.82, 2.24) is 14.5 Å². The fraction of sp³-hybridized carbons (Fsp3) is 0.360. The molecule has 0 bridgehead atoms. The van der Waals surface area contributed by atoms with E-state index >= 15 is 0 Å². The molecule has 2 aromatic carbocycles. The number of imidazole rings is 1. The van der Waals surface area contributed by atoms with E-state index in [-0.39, 0.29) is 5.54 Å². The quantitative estimate of drug-likeness (QED) is 0.495. The molecule has 0 aliphatic carbocycles. The maximum atomic E-state index is 12.2. The summed E-state index contributed by atoms with van der Waals surface area (Å²) in [5.74, 6) is 1.34. The molecule has 3 aromatic rings. The summed E-state index contributed by atoms with van der Waals surface area (Å²) in [5.41, 5.74) is 3.43. The van der Waals surface area contributed by atoms with Gasteiger partial charge in [0.15, 0.2) is 0 Å². The van der Waals surface area contributed by atoms with Crippen molar-refractivity contribution < 1.29 is 4.79 Å². The Morgan fingerprint density at radius 1 is 1.03 bits per heavy atom. The molecule has 5 rings (SSSR count). The van der Waals surface area contributed by atoms with Crippen molar-refractivity contribution >= 4 is 17.5 Å². The average Bonchev–Trinajstić information content (AvgIpc) is 3.35. The van der Waals surface area contributed by atoms with Gasteiger partial charge in [-0.25, -0.2) is 4.98 Å². The number of hydrogen-bond donors (Lipinski definition) is 0. The lowest BCUT2D eigenvalue weighted by molar-refractivity contribution is -0.133. The van der Waals surface area contributed by atoms with Crippen LogP contribution in [0, 0.1) is 0 Å². The minimum Gasteiger partial charge on any atom is -0.343 e. The van der Waals surface area contributed by atoms with Crippen molar-refractivity contribution in [2.24, 2.45) is 0 Å². The highest BCUT2D eigenvalue weighted by atomic mass is 35.5. The first-order chi connectivity index (χ1) is 14.7. The molecule has 4 nitrogen and oxygen atoms in total. The SMILES string of the molecule is O=C1CCCCN1CCCCC1(c2ccc(Cl)cc2)c2ccccc2-c2nccn21. The summed E-state index contributed by atoms with van der Waals surface area (Å²) >= 11 is 6.21. The van der Waals surface area contributed by atoms with Gasteiger partial charge in [0.1, 0.15) is 5.82 Å². The number of unbranched alkanes of at least 4 members (excludes halogenated alkanes) is 1. The van der Waals surface area contributed by atoms with Gasteiger partial charge < -0.3 is 9.47 Å². The van der Waals surface area contributed by atoms with Crippen molar-refractivity contribution in [3.8, 4) is 11.4 Å². The predicted octanol–water partition coefficient (Wildman–Crippen LogP) is 5.49. The van der Waals surface area contributed by atoms with E-state index in [0.717, 1.165) is 56.0 Å². The molecule has 1 atom stereocenters. The zero-order valence-electron chi connectivity index (χ0n) is 17.1. The summed E-state index contributed by atoms with van der Waals surface area (Å²) in [4.78, 5) is 18.9. The van der Waals surface area contributed by atoms with Gasteiger partial charge in [0.25, 0.3) is 0 Å². The van der Waals surface area contributed by atoms with E-state index in [1.807, 2.05) is 23.2 Å². The van der Waals surface area contributed by atoms with Crippen LogP contribution >= 0.6 is 11.6 Å². The molecule has 0 spiro atoms. The first kappa shape index (κ1) is 19.4. The molecule has 1 amide bonds. The highest BCUT2D eigenvalue weighted by Crippen LogP contribution is 2.49. The number of likely N-dealkylation sites (tertiary alicyclic amines) is 1. The van der Waals surface area contributed by atoms with Crippen LogP contribution in [0.2, 0.25) is 5.02 Å². The van der Waals surface area contributed by atoms with Crippen LogP contribution in [-0.4, -0.2) is 33.4 Å². The lowest BCUT2D eigenvalue weighted by Crippen LogP contribution is -2.36. The monoisotopic (exact) mass is 419 g/mol. The van der Waals surface area contributed by atoms with Crippen LogP contribution in [0.5, 0.6) is 0 Å². The summed E-state index contributed by atoms with van der Waals surface area (Å²) in [7, 11) is 0. The Morgan fingerprint density at radius 3 is 2.70 bits per heavy atom.